The molecular formula is C13H21N3O2. The van der Waals surface area contributed by atoms with E-state index in [0.29, 0.717) is 5.69 Å². The fourth-order valence-electron chi connectivity index (χ4n) is 2.45. The Labute approximate surface area is 107 Å². The fourth-order valence-corrected chi connectivity index (χ4v) is 2.45. The van der Waals surface area contributed by atoms with Crippen molar-refractivity contribution >= 4 is 17.1 Å². The lowest BCUT2D eigenvalue weighted by Gasteiger charge is -2.20. The molecule has 0 aliphatic rings. The van der Waals surface area contributed by atoms with Crippen LogP contribution in [-0.2, 0) is 0 Å². The van der Waals surface area contributed by atoms with Crippen LogP contribution in [0.4, 0.5) is 17.1 Å². The summed E-state index contributed by atoms with van der Waals surface area (Å²) < 4.78 is 0. The van der Waals surface area contributed by atoms with Gasteiger partial charge in [-0.2, -0.15) is 0 Å². The van der Waals surface area contributed by atoms with Gasteiger partial charge >= 0.3 is 0 Å². The molecule has 0 fully saturated rings. The van der Waals surface area contributed by atoms with Gasteiger partial charge in [-0.05, 0) is 43.7 Å². The molecule has 100 valence electrons. The van der Waals surface area contributed by atoms with Crippen molar-refractivity contribution in [2.75, 3.05) is 11.5 Å². The lowest BCUT2D eigenvalue weighted by molar-refractivity contribution is -0.384. The zero-order valence-electron chi connectivity index (χ0n) is 11.4. The van der Waals surface area contributed by atoms with Crippen molar-refractivity contribution in [3.8, 4) is 0 Å². The monoisotopic (exact) mass is 251 g/mol. The standard InChI is InChI=1S/C13H21N3O2/c1-5-9(6-2)10-7(3)8(4)11(14)12(15)13(10)16(17)18/h9H,5-6,14-15H2,1-4H3. The van der Waals surface area contributed by atoms with E-state index in [-0.39, 0.29) is 17.3 Å². The molecule has 0 bridgehead atoms. The highest BCUT2D eigenvalue weighted by Gasteiger charge is 2.28. The van der Waals surface area contributed by atoms with Crippen LogP contribution in [0.1, 0.15) is 49.3 Å². The Bertz CT molecular complexity index is 480. The average molecular weight is 251 g/mol. The van der Waals surface area contributed by atoms with Gasteiger partial charge in [-0.15, -0.1) is 0 Å². The molecule has 1 aromatic carbocycles. The third-order valence-electron chi connectivity index (χ3n) is 3.75. The first-order valence-corrected chi connectivity index (χ1v) is 6.19. The molecule has 0 saturated heterocycles. The van der Waals surface area contributed by atoms with Crippen LogP contribution in [0.3, 0.4) is 0 Å². The zero-order chi connectivity index (χ0) is 14.0. The summed E-state index contributed by atoms with van der Waals surface area (Å²) >= 11 is 0. The SMILES string of the molecule is CCC(CC)c1c(C)c(C)c(N)c(N)c1[N+](=O)[O-]. The lowest BCUT2D eigenvalue weighted by atomic mass is 9.86. The summed E-state index contributed by atoms with van der Waals surface area (Å²) in [5, 5.41) is 11.3. The average Bonchev–Trinajstić information content (AvgIpc) is 2.33. The Morgan fingerprint density at radius 1 is 1.11 bits per heavy atom. The van der Waals surface area contributed by atoms with Crippen molar-refractivity contribution in [2.45, 2.75) is 46.5 Å². The van der Waals surface area contributed by atoms with Crippen molar-refractivity contribution in [1.82, 2.24) is 0 Å². The summed E-state index contributed by atoms with van der Waals surface area (Å²) in [6.07, 6.45) is 1.70. The molecule has 1 aromatic rings. The molecule has 18 heavy (non-hydrogen) atoms. The number of benzene rings is 1. The largest absolute Gasteiger partial charge is 0.397 e. The number of hydrogen-bond acceptors (Lipinski definition) is 4. The zero-order valence-corrected chi connectivity index (χ0v) is 11.4. The number of nitro benzene ring substituents is 1. The van der Waals surface area contributed by atoms with Crippen LogP contribution in [0.2, 0.25) is 0 Å². The summed E-state index contributed by atoms with van der Waals surface area (Å²) in [6.45, 7) is 7.79. The van der Waals surface area contributed by atoms with Crippen LogP contribution in [0, 0.1) is 24.0 Å². The van der Waals surface area contributed by atoms with Crippen LogP contribution in [0.15, 0.2) is 0 Å². The molecule has 0 radical (unpaired) electrons. The minimum atomic E-state index is -0.411. The minimum Gasteiger partial charge on any atom is -0.397 e. The van der Waals surface area contributed by atoms with E-state index in [9.17, 15) is 10.1 Å². The van der Waals surface area contributed by atoms with E-state index in [1.165, 1.54) is 0 Å². The maximum Gasteiger partial charge on any atom is 0.297 e. The third kappa shape index (κ3) is 2.12. The summed E-state index contributed by atoms with van der Waals surface area (Å²) in [6, 6.07) is 0. The van der Waals surface area contributed by atoms with E-state index in [1.54, 1.807) is 0 Å². The third-order valence-corrected chi connectivity index (χ3v) is 3.75. The number of anilines is 2. The normalized spacial score (nSPS) is 10.9. The maximum atomic E-state index is 11.3. The highest BCUT2D eigenvalue weighted by Crippen LogP contribution is 2.42. The van der Waals surface area contributed by atoms with Gasteiger partial charge in [0.15, 0.2) is 0 Å². The number of nitro groups is 1. The summed E-state index contributed by atoms with van der Waals surface area (Å²) in [4.78, 5) is 10.9. The van der Waals surface area contributed by atoms with E-state index >= 15 is 0 Å². The predicted molar refractivity (Wildman–Crippen MR) is 74.7 cm³/mol. The maximum absolute atomic E-state index is 11.3. The Morgan fingerprint density at radius 3 is 2.00 bits per heavy atom. The van der Waals surface area contributed by atoms with Gasteiger partial charge in [-0.25, -0.2) is 0 Å². The molecule has 0 aromatic heterocycles. The van der Waals surface area contributed by atoms with Gasteiger partial charge in [-0.1, -0.05) is 13.8 Å². The summed E-state index contributed by atoms with van der Waals surface area (Å²) in [5.74, 6) is 0.145. The van der Waals surface area contributed by atoms with Crippen molar-refractivity contribution in [1.29, 1.82) is 0 Å². The Kier molecular flexibility index (Phi) is 4.16. The van der Waals surface area contributed by atoms with Crippen LogP contribution in [0.25, 0.3) is 0 Å². The second-order valence-electron chi connectivity index (χ2n) is 4.61. The molecule has 0 heterocycles. The Balaban J connectivity index is 3.71. The number of nitrogens with two attached hydrogens (primary N) is 2. The molecule has 0 amide bonds. The van der Waals surface area contributed by atoms with Gasteiger partial charge < -0.3 is 11.5 Å². The lowest BCUT2D eigenvalue weighted by Crippen LogP contribution is -2.11. The quantitative estimate of drug-likeness (QED) is 0.487. The number of nitrogen functional groups attached to an aromatic ring is 2. The molecule has 0 saturated carbocycles. The number of nitrogens with zero attached hydrogens (tertiary/aromatic N) is 1. The van der Waals surface area contributed by atoms with Gasteiger partial charge in [0.25, 0.3) is 5.69 Å². The summed E-state index contributed by atoms with van der Waals surface area (Å²) in [7, 11) is 0. The Hall–Kier alpha value is -1.78. The minimum absolute atomic E-state index is 0.00991. The van der Waals surface area contributed by atoms with Crippen LogP contribution >= 0.6 is 0 Å². The molecule has 1 rings (SSSR count). The number of hydrogen-bond donors (Lipinski definition) is 2. The Morgan fingerprint density at radius 2 is 1.61 bits per heavy atom. The van der Waals surface area contributed by atoms with E-state index in [4.69, 9.17) is 11.5 Å². The first-order chi connectivity index (χ1) is 8.36. The molecule has 0 spiro atoms. The molecule has 0 atom stereocenters. The van der Waals surface area contributed by atoms with Crippen molar-refractivity contribution in [2.24, 2.45) is 0 Å². The topological polar surface area (TPSA) is 95.2 Å². The van der Waals surface area contributed by atoms with Crippen molar-refractivity contribution in [3.05, 3.63) is 26.8 Å². The van der Waals surface area contributed by atoms with Crippen LogP contribution in [0.5, 0.6) is 0 Å². The molecule has 0 unspecified atom stereocenters. The second kappa shape index (κ2) is 5.25. The van der Waals surface area contributed by atoms with Gasteiger partial charge in [0.05, 0.1) is 10.6 Å². The predicted octanol–water partition coefficient (Wildman–Crippen LogP) is 3.28. The van der Waals surface area contributed by atoms with Gasteiger partial charge in [0.1, 0.15) is 5.69 Å². The highest BCUT2D eigenvalue weighted by molar-refractivity contribution is 5.81. The first kappa shape index (κ1) is 14.3. The first-order valence-electron chi connectivity index (χ1n) is 6.19. The molecule has 0 aliphatic carbocycles. The van der Waals surface area contributed by atoms with Crippen molar-refractivity contribution < 1.29 is 4.92 Å². The van der Waals surface area contributed by atoms with E-state index < -0.39 is 4.92 Å². The van der Waals surface area contributed by atoms with Gasteiger partial charge in [0, 0.05) is 5.56 Å². The van der Waals surface area contributed by atoms with E-state index in [0.717, 1.165) is 29.5 Å². The highest BCUT2D eigenvalue weighted by atomic mass is 16.6. The van der Waals surface area contributed by atoms with Gasteiger partial charge in [-0.3, -0.25) is 10.1 Å². The van der Waals surface area contributed by atoms with Crippen LogP contribution < -0.4 is 11.5 Å². The van der Waals surface area contributed by atoms with Gasteiger partial charge in [0.2, 0.25) is 0 Å². The fraction of sp³-hybridized carbons (Fsp3) is 0.538. The molecule has 5 nitrogen and oxygen atoms in total. The van der Waals surface area contributed by atoms with E-state index in [2.05, 4.69) is 0 Å². The summed E-state index contributed by atoms with van der Waals surface area (Å²) in [5.41, 5.74) is 14.6. The molecule has 0 aliphatic heterocycles. The van der Waals surface area contributed by atoms with E-state index in [1.807, 2.05) is 27.7 Å². The second-order valence-corrected chi connectivity index (χ2v) is 4.61. The molecule has 5 heteroatoms. The smallest absolute Gasteiger partial charge is 0.297 e. The number of rotatable bonds is 4. The van der Waals surface area contributed by atoms with Crippen molar-refractivity contribution in [3.63, 3.8) is 0 Å². The molecular weight excluding hydrogens is 230 g/mol. The molecule has 4 N–H and O–H groups in total. The van der Waals surface area contributed by atoms with Crippen LogP contribution in [-0.4, -0.2) is 4.92 Å².